The Bertz CT molecular complexity index is 1290. The highest BCUT2D eigenvalue weighted by Gasteiger charge is 2.69. The lowest BCUT2D eigenvalue weighted by atomic mass is 9.73. The van der Waals surface area contributed by atoms with Gasteiger partial charge in [0.05, 0.1) is 33.9 Å². The van der Waals surface area contributed by atoms with E-state index in [0.717, 1.165) is 5.56 Å². The second-order valence-corrected chi connectivity index (χ2v) is 10.6. The number of fused-ring (bicyclic) bond motifs is 1. The number of nitrogens with one attached hydrogen (secondary N) is 1. The fourth-order valence-corrected chi connectivity index (χ4v) is 8.56. The summed E-state index contributed by atoms with van der Waals surface area (Å²) in [5, 5.41) is 4.31. The summed E-state index contributed by atoms with van der Waals surface area (Å²) in [5.74, 6) is -1.85. The predicted octanol–water partition coefficient (Wildman–Crippen LogP) is 1.24. The van der Waals surface area contributed by atoms with Gasteiger partial charge in [-0.15, -0.1) is 0 Å². The first-order valence-electron chi connectivity index (χ1n) is 9.34. The second-order valence-electron chi connectivity index (χ2n) is 8.07. The molecular formula is C20H18N5O3P. The highest BCUT2D eigenvalue weighted by molar-refractivity contribution is 7.87. The number of anilines is 2. The molecule has 146 valence electrons. The highest BCUT2D eigenvalue weighted by atomic mass is 31.2. The quantitative estimate of drug-likeness (QED) is 0.213. The Labute approximate surface area is 165 Å². The fourth-order valence-electron chi connectivity index (χ4n) is 5.42. The maximum absolute atomic E-state index is 13.0. The van der Waals surface area contributed by atoms with Gasteiger partial charge in [0.15, 0.2) is 7.14 Å². The van der Waals surface area contributed by atoms with Crippen molar-refractivity contribution < 1.29 is 14.2 Å². The van der Waals surface area contributed by atoms with Gasteiger partial charge in [-0.05, 0) is 18.1 Å². The van der Waals surface area contributed by atoms with Gasteiger partial charge >= 0.3 is 0 Å². The summed E-state index contributed by atoms with van der Waals surface area (Å²) in [4.78, 5) is 24.5. The van der Waals surface area contributed by atoms with E-state index >= 15 is 0 Å². The average Bonchev–Trinajstić information content (AvgIpc) is 2.96. The standard InChI is InChI=1S/C20H18N5O3P/c21-9-5-4-7(6-2-1-3-8-10(6)20(27)25-19(8)26)13(22)11(9)12-14(23)17-15(24)18-16(12)29(17,18)28/h1,3-6,8,10H,2,21-24H2,(H,25,26,27). The number of carbonyl (C=O) groups excluding carboxylic acids is 2. The van der Waals surface area contributed by atoms with Crippen molar-refractivity contribution in [3.05, 3.63) is 62.7 Å². The molecule has 4 aliphatic heterocycles. The minimum atomic E-state index is -2.67. The molecule has 2 amide bonds. The van der Waals surface area contributed by atoms with Crippen molar-refractivity contribution in [1.82, 2.24) is 5.32 Å². The molecule has 9 heteroatoms. The minimum Gasteiger partial charge on any atom is -0.398 e. The van der Waals surface area contributed by atoms with E-state index in [1.54, 1.807) is 18.2 Å². The second kappa shape index (κ2) is 4.83. The molecule has 29 heavy (non-hydrogen) atoms. The lowest BCUT2D eigenvalue weighted by Crippen LogP contribution is -2.28. The summed E-state index contributed by atoms with van der Waals surface area (Å²) in [7, 11) is -2.67. The van der Waals surface area contributed by atoms with Crippen LogP contribution in [0, 0.1) is 11.8 Å². The van der Waals surface area contributed by atoms with Crippen LogP contribution in [0.25, 0.3) is 5.57 Å². The number of rotatable bonds is 2. The third-order valence-corrected chi connectivity index (χ3v) is 9.82. The molecule has 0 bridgehead atoms. The molecule has 4 heterocycles. The third-order valence-electron chi connectivity index (χ3n) is 6.76. The number of carbonyl (C=O) groups is 2. The molecular weight excluding hydrogens is 389 g/mol. The van der Waals surface area contributed by atoms with Crippen LogP contribution in [-0.4, -0.2) is 11.8 Å². The van der Waals surface area contributed by atoms with Crippen molar-refractivity contribution >= 4 is 35.9 Å². The smallest absolute Gasteiger partial charge is 0.234 e. The number of allylic oxidation sites excluding steroid dienone is 5. The Kier molecular flexibility index (Phi) is 2.78. The van der Waals surface area contributed by atoms with E-state index in [0.29, 0.717) is 56.3 Å². The maximum atomic E-state index is 13.0. The predicted molar refractivity (Wildman–Crippen MR) is 109 cm³/mol. The van der Waals surface area contributed by atoms with Crippen molar-refractivity contribution in [2.75, 3.05) is 11.5 Å². The first kappa shape index (κ1) is 16.7. The van der Waals surface area contributed by atoms with Crippen LogP contribution in [0.3, 0.4) is 0 Å². The van der Waals surface area contributed by atoms with Crippen molar-refractivity contribution in [2.45, 2.75) is 12.3 Å². The molecule has 0 radical (unpaired) electrons. The molecule has 4 atom stereocenters. The summed E-state index contributed by atoms with van der Waals surface area (Å²) in [6.07, 6.45) is 4.26. The molecule has 5 aliphatic rings. The molecule has 0 aromatic heterocycles. The van der Waals surface area contributed by atoms with Crippen LogP contribution in [0.4, 0.5) is 11.4 Å². The molecule has 1 fully saturated rings. The van der Waals surface area contributed by atoms with E-state index in [-0.39, 0.29) is 17.7 Å². The zero-order valence-electron chi connectivity index (χ0n) is 15.2. The Morgan fingerprint density at radius 3 is 2.41 bits per heavy atom. The Balaban J connectivity index is 1.51. The summed E-state index contributed by atoms with van der Waals surface area (Å²) in [6.45, 7) is 0. The maximum Gasteiger partial charge on any atom is 0.234 e. The average molecular weight is 407 g/mol. The van der Waals surface area contributed by atoms with Gasteiger partial charge in [0.1, 0.15) is 0 Å². The molecule has 8 nitrogen and oxygen atoms in total. The monoisotopic (exact) mass is 407 g/mol. The molecule has 4 unspecified atom stereocenters. The van der Waals surface area contributed by atoms with Crippen LogP contribution in [0.2, 0.25) is 0 Å². The van der Waals surface area contributed by atoms with E-state index in [1.807, 2.05) is 6.08 Å². The fraction of sp³-hybridized carbons (Fsp3) is 0.200. The van der Waals surface area contributed by atoms with Gasteiger partial charge in [0.2, 0.25) is 11.8 Å². The number of imide groups is 1. The molecule has 1 aromatic carbocycles. The first-order valence-corrected chi connectivity index (χ1v) is 11.0. The number of amides is 2. The molecule has 1 aliphatic carbocycles. The first-order chi connectivity index (χ1) is 13.8. The van der Waals surface area contributed by atoms with Crippen LogP contribution in [0.15, 0.2) is 51.6 Å². The Hall–Kier alpha value is -3.25. The molecule has 9 N–H and O–H groups in total. The third kappa shape index (κ3) is 1.66. The van der Waals surface area contributed by atoms with Gasteiger partial charge in [0.25, 0.3) is 0 Å². The Morgan fingerprint density at radius 1 is 0.966 bits per heavy atom. The van der Waals surface area contributed by atoms with Crippen LogP contribution in [-0.2, 0) is 14.2 Å². The zero-order valence-corrected chi connectivity index (χ0v) is 16.1. The largest absolute Gasteiger partial charge is 0.398 e. The van der Waals surface area contributed by atoms with Gasteiger partial charge < -0.3 is 27.5 Å². The van der Waals surface area contributed by atoms with Crippen molar-refractivity contribution in [2.24, 2.45) is 23.3 Å². The highest BCUT2D eigenvalue weighted by Crippen LogP contribution is 2.97. The summed E-state index contributed by atoms with van der Waals surface area (Å²) in [6, 6.07) is 3.53. The van der Waals surface area contributed by atoms with Gasteiger partial charge in [-0.2, -0.15) is 0 Å². The van der Waals surface area contributed by atoms with Gasteiger partial charge in [-0.3, -0.25) is 14.9 Å². The summed E-state index contributed by atoms with van der Waals surface area (Å²) in [5.41, 5.74) is 28.7. The van der Waals surface area contributed by atoms with E-state index < -0.39 is 19.0 Å². The SMILES string of the molecule is NC1=C(c2c(N)ccc(C3CC=CC4C(=O)NC(=O)C43)c2N)C2=C3C(N)=C1P32=O. The topological polar surface area (TPSA) is 167 Å². The number of nitrogen functional groups attached to an aromatic ring is 2. The number of benzene rings is 1. The minimum absolute atomic E-state index is 0.262. The van der Waals surface area contributed by atoms with Crippen molar-refractivity contribution in [3.8, 4) is 0 Å². The number of nitrogens with two attached hydrogens (primary N) is 4. The summed E-state index contributed by atoms with van der Waals surface area (Å²) >= 11 is 0. The van der Waals surface area contributed by atoms with Crippen LogP contribution >= 0.6 is 7.14 Å². The lowest BCUT2D eigenvalue weighted by molar-refractivity contribution is -0.126. The normalized spacial score (nSPS) is 33.7. The van der Waals surface area contributed by atoms with Crippen molar-refractivity contribution in [1.29, 1.82) is 0 Å². The van der Waals surface area contributed by atoms with E-state index in [2.05, 4.69) is 5.32 Å². The zero-order chi connectivity index (χ0) is 20.4. The van der Waals surface area contributed by atoms with Crippen LogP contribution < -0.4 is 28.3 Å². The van der Waals surface area contributed by atoms with Crippen molar-refractivity contribution in [3.63, 3.8) is 0 Å². The molecule has 0 saturated carbocycles. The molecule has 6 rings (SSSR count). The molecule has 1 saturated heterocycles. The summed E-state index contributed by atoms with van der Waals surface area (Å²) < 4.78 is 13.0. The van der Waals surface area contributed by atoms with E-state index in [4.69, 9.17) is 22.9 Å². The molecule has 0 spiro atoms. The number of hydrogen-bond acceptors (Lipinski definition) is 7. The van der Waals surface area contributed by atoms with Gasteiger partial charge in [-0.1, -0.05) is 18.2 Å². The van der Waals surface area contributed by atoms with Gasteiger partial charge in [0, 0.05) is 33.7 Å². The van der Waals surface area contributed by atoms with E-state index in [1.165, 1.54) is 0 Å². The number of hydrogen-bond donors (Lipinski definition) is 5. The Morgan fingerprint density at radius 2 is 1.72 bits per heavy atom. The van der Waals surface area contributed by atoms with Crippen LogP contribution in [0.1, 0.15) is 23.5 Å². The lowest BCUT2D eigenvalue weighted by Gasteiger charge is -2.29. The van der Waals surface area contributed by atoms with E-state index in [9.17, 15) is 14.2 Å². The van der Waals surface area contributed by atoms with Gasteiger partial charge in [-0.25, -0.2) is 0 Å². The molecule has 1 aromatic rings. The van der Waals surface area contributed by atoms with Crippen LogP contribution in [0.5, 0.6) is 0 Å².